The maximum Gasteiger partial charge on any atom is 0.237 e. The summed E-state index contributed by atoms with van der Waals surface area (Å²) in [6.07, 6.45) is 2.00. The molecule has 3 nitrogen and oxygen atoms in total. The third kappa shape index (κ3) is 4.93. The van der Waals surface area contributed by atoms with Crippen LogP contribution in [-0.4, -0.2) is 18.0 Å². The fraction of sp³-hybridized carbons (Fsp3) is 0.562. The molecule has 1 aromatic carbocycles. The molecule has 0 aliphatic rings. The Balaban J connectivity index is 2.55. The van der Waals surface area contributed by atoms with E-state index in [1.54, 1.807) is 25.1 Å². The Morgan fingerprint density at radius 3 is 2.50 bits per heavy atom. The van der Waals surface area contributed by atoms with Gasteiger partial charge in [-0.15, -0.1) is 0 Å². The second-order valence-electron chi connectivity index (χ2n) is 5.33. The van der Waals surface area contributed by atoms with E-state index in [1.807, 2.05) is 13.8 Å². The molecule has 0 fully saturated rings. The van der Waals surface area contributed by atoms with Gasteiger partial charge in [0.05, 0.1) is 6.04 Å². The Bertz CT molecular complexity index is 436. The lowest BCUT2D eigenvalue weighted by atomic mass is 10.1. The van der Waals surface area contributed by atoms with E-state index >= 15 is 0 Å². The highest BCUT2D eigenvalue weighted by Crippen LogP contribution is 2.16. The molecule has 112 valence electrons. The van der Waals surface area contributed by atoms with Crippen molar-refractivity contribution in [3.8, 4) is 0 Å². The molecule has 1 aromatic rings. The van der Waals surface area contributed by atoms with Crippen LogP contribution in [0.25, 0.3) is 0 Å². The summed E-state index contributed by atoms with van der Waals surface area (Å²) in [6, 6.07) is 6.22. The van der Waals surface area contributed by atoms with Crippen molar-refractivity contribution in [3.63, 3.8) is 0 Å². The molecule has 0 saturated heterocycles. The third-order valence-electron chi connectivity index (χ3n) is 3.38. The normalized spacial score (nSPS) is 15.4. The zero-order chi connectivity index (χ0) is 15.1. The van der Waals surface area contributed by atoms with Crippen LogP contribution >= 0.6 is 0 Å². The van der Waals surface area contributed by atoms with E-state index in [-0.39, 0.29) is 29.8 Å². The molecule has 1 rings (SSSR count). The van der Waals surface area contributed by atoms with Gasteiger partial charge in [0.1, 0.15) is 5.82 Å². The molecule has 4 heteroatoms. The summed E-state index contributed by atoms with van der Waals surface area (Å²) in [6.45, 7) is 7.74. The summed E-state index contributed by atoms with van der Waals surface area (Å²) in [5, 5.41) is 6.09. The van der Waals surface area contributed by atoms with Crippen molar-refractivity contribution in [2.45, 2.75) is 58.7 Å². The maximum absolute atomic E-state index is 13.7. The van der Waals surface area contributed by atoms with Crippen molar-refractivity contribution >= 4 is 5.91 Å². The molecule has 0 aliphatic carbocycles. The minimum Gasteiger partial charge on any atom is -0.352 e. The van der Waals surface area contributed by atoms with Crippen molar-refractivity contribution in [3.05, 3.63) is 35.6 Å². The lowest BCUT2D eigenvalue weighted by molar-refractivity contribution is -0.123. The first-order chi connectivity index (χ1) is 9.45. The minimum atomic E-state index is -0.357. The molecule has 0 saturated carbocycles. The number of hydrogen-bond acceptors (Lipinski definition) is 2. The van der Waals surface area contributed by atoms with E-state index in [0.29, 0.717) is 5.56 Å². The largest absolute Gasteiger partial charge is 0.352 e. The summed E-state index contributed by atoms with van der Waals surface area (Å²) < 4.78 is 13.7. The van der Waals surface area contributed by atoms with Gasteiger partial charge in [-0.3, -0.25) is 10.1 Å². The number of carbonyl (C=O) groups is 1. The van der Waals surface area contributed by atoms with Gasteiger partial charge in [0, 0.05) is 17.6 Å². The number of amides is 1. The zero-order valence-corrected chi connectivity index (χ0v) is 12.7. The number of rotatable bonds is 7. The van der Waals surface area contributed by atoms with Crippen LogP contribution in [0.15, 0.2) is 24.3 Å². The number of hydrogen-bond donors (Lipinski definition) is 2. The molecule has 0 spiro atoms. The number of benzene rings is 1. The lowest BCUT2D eigenvalue weighted by Crippen LogP contribution is -2.46. The molecule has 0 aromatic heterocycles. The average molecular weight is 280 g/mol. The van der Waals surface area contributed by atoms with Crippen LogP contribution < -0.4 is 10.6 Å². The van der Waals surface area contributed by atoms with Crippen LogP contribution in [0, 0.1) is 5.82 Å². The van der Waals surface area contributed by atoms with Crippen LogP contribution in [0.4, 0.5) is 4.39 Å². The highest BCUT2D eigenvalue weighted by Gasteiger charge is 2.19. The second kappa shape index (κ2) is 8.00. The van der Waals surface area contributed by atoms with Gasteiger partial charge in [0.25, 0.3) is 0 Å². The van der Waals surface area contributed by atoms with Crippen LogP contribution in [-0.2, 0) is 4.79 Å². The van der Waals surface area contributed by atoms with Crippen molar-refractivity contribution in [2.24, 2.45) is 0 Å². The fourth-order valence-corrected chi connectivity index (χ4v) is 2.24. The maximum atomic E-state index is 13.7. The standard InChI is InChI=1S/C16H25FN2O/c1-5-8-11(2)18-16(20)13(4)19-12(3)14-9-6-7-10-15(14)17/h6-7,9-13,19H,5,8H2,1-4H3,(H,18,20)/t11?,12-,13?/m1/s1. The minimum absolute atomic E-state index is 0.0471. The van der Waals surface area contributed by atoms with E-state index in [4.69, 9.17) is 0 Å². The van der Waals surface area contributed by atoms with Crippen LogP contribution in [0.1, 0.15) is 52.1 Å². The SMILES string of the molecule is CCCC(C)NC(=O)C(C)N[C@H](C)c1ccccc1F. The Morgan fingerprint density at radius 1 is 1.25 bits per heavy atom. The van der Waals surface area contributed by atoms with Crippen LogP contribution in [0.5, 0.6) is 0 Å². The molecule has 2 N–H and O–H groups in total. The van der Waals surface area contributed by atoms with Crippen molar-refractivity contribution in [2.75, 3.05) is 0 Å². The van der Waals surface area contributed by atoms with Gasteiger partial charge < -0.3 is 5.32 Å². The predicted molar refractivity (Wildman–Crippen MR) is 79.9 cm³/mol. The first kappa shape index (κ1) is 16.6. The van der Waals surface area contributed by atoms with Gasteiger partial charge in [-0.05, 0) is 33.3 Å². The van der Waals surface area contributed by atoms with E-state index in [1.165, 1.54) is 6.07 Å². The topological polar surface area (TPSA) is 41.1 Å². The fourth-order valence-electron chi connectivity index (χ4n) is 2.24. The molecular weight excluding hydrogens is 255 g/mol. The number of halogens is 1. The van der Waals surface area contributed by atoms with Crippen LogP contribution in [0.3, 0.4) is 0 Å². The summed E-state index contributed by atoms with van der Waals surface area (Å²) in [5.74, 6) is -0.298. The van der Waals surface area contributed by atoms with Gasteiger partial charge in [-0.1, -0.05) is 31.5 Å². The Labute approximate surface area is 121 Å². The first-order valence-electron chi connectivity index (χ1n) is 7.26. The van der Waals surface area contributed by atoms with Gasteiger partial charge in [0.2, 0.25) is 5.91 Å². The van der Waals surface area contributed by atoms with Crippen LogP contribution in [0.2, 0.25) is 0 Å². The summed E-state index contributed by atoms with van der Waals surface area (Å²) in [7, 11) is 0. The second-order valence-corrected chi connectivity index (χ2v) is 5.33. The molecule has 1 amide bonds. The van der Waals surface area contributed by atoms with Gasteiger partial charge >= 0.3 is 0 Å². The smallest absolute Gasteiger partial charge is 0.237 e. The molecule has 0 aliphatic heterocycles. The monoisotopic (exact) mass is 280 g/mol. The molecule has 2 unspecified atom stereocenters. The number of carbonyl (C=O) groups excluding carboxylic acids is 1. The van der Waals surface area contributed by atoms with Crippen molar-refractivity contribution in [1.29, 1.82) is 0 Å². The Kier molecular flexibility index (Phi) is 6.65. The molecule has 0 heterocycles. The molecular formula is C16H25FN2O. The van der Waals surface area contributed by atoms with E-state index in [0.717, 1.165) is 12.8 Å². The Hall–Kier alpha value is -1.42. The van der Waals surface area contributed by atoms with Crippen molar-refractivity contribution < 1.29 is 9.18 Å². The van der Waals surface area contributed by atoms with Crippen molar-refractivity contribution in [1.82, 2.24) is 10.6 Å². The third-order valence-corrected chi connectivity index (χ3v) is 3.38. The quantitative estimate of drug-likeness (QED) is 0.805. The average Bonchev–Trinajstić information content (AvgIpc) is 2.39. The van der Waals surface area contributed by atoms with E-state index in [2.05, 4.69) is 17.6 Å². The van der Waals surface area contributed by atoms with Gasteiger partial charge in [0.15, 0.2) is 0 Å². The highest BCUT2D eigenvalue weighted by atomic mass is 19.1. The van der Waals surface area contributed by atoms with Gasteiger partial charge in [-0.2, -0.15) is 0 Å². The summed E-state index contributed by atoms with van der Waals surface area (Å²) in [4.78, 5) is 12.0. The lowest BCUT2D eigenvalue weighted by Gasteiger charge is -2.22. The predicted octanol–water partition coefficient (Wildman–Crippen LogP) is 3.17. The molecule has 0 radical (unpaired) electrons. The number of nitrogens with one attached hydrogen (secondary N) is 2. The Morgan fingerprint density at radius 2 is 1.90 bits per heavy atom. The summed E-state index contributed by atoms with van der Waals surface area (Å²) >= 11 is 0. The molecule has 0 bridgehead atoms. The highest BCUT2D eigenvalue weighted by molar-refractivity contribution is 5.81. The zero-order valence-electron chi connectivity index (χ0n) is 12.7. The summed E-state index contributed by atoms with van der Waals surface area (Å²) in [5.41, 5.74) is 0.578. The molecule has 3 atom stereocenters. The van der Waals surface area contributed by atoms with Gasteiger partial charge in [-0.25, -0.2) is 4.39 Å². The van der Waals surface area contributed by atoms with E-state index < -0.39 is 0 Å². The molecule has 20 heavy (non-hydrogen) atoms. The van der Waals surface area contributed by atoms with E-state index in [9.17, 15) is 9.18 Å². The first-order valence-corrected chi connectivity index (χ1v) is 7.26.